The van der Waals surface area contributed by atoms with Crippen molar-refractivity contribution in [1.82, 2.24) is 0 Å². The van der Waals surface area contributed by atoms with E-state index in [2.05, 4.69) is 21.2 Å². The van der Waals surface area contributed by atoms with Crippen molar-refractivity contribution >= 4 is 38.9 Å². The van der Waals surface area contributed by atoms with Crippen molar-refractivity contribution in [2.45, 2.75) is 6.42 Å². The van der Waals surface area contributed by atoms with E-state index in [9.17, 15) is 10.1 Å². The van der Waals surface area contributed by atoms with Crippen LogP contribution in [0.3, 0.4) is 0 Å². The Balaban J connectivity index is 2.03. The van der Waals surface area contributed by atoms with Crippen LogP contribution in [0.1, 0.15) is 5.56 Å². The first kappa shape index (κ1) is 14.8. The number of hydrogen-bond donors (Lipinski definition) is 1. The van der Waals surface area contributed by atoms with E-state index in [1.807, 2.05) is 12.1 Å². The van der Waals surface area contributed by atoms with Crippen LogP contribution in [-0.2, 0) is 6.42 Å². The molecule has 20 heavy (non-hydrogen) atoms. The summed E-state index contributed by atoms with van der Waals surface area (Å²) in [7, 11) is 0. The molecule has 0 aliphatic rings. The van der Waals surface area contributed by atoms with Gasteiger partial charge in [0.25, 0.3) is 5.69 Å². The van der Waals surface area contributed by atoms with E-state index in [0.29, 0.717) is 23.6 Å². The van der Waals surface area contributed by atoms with Gasteiger partial charge >= 0.3 is 0 Å². The van der Waals surface area contributed by atoms with Crippen LogP contribution in [-0.4, -0.2) is 11.5 Å². The fourth-order valence-corrected chi connectivity index (χ4v) is 2.42. The molecule has 2 rings (SSSR count). The molecule has 0 aliphatic carbocycles. The zero-order valence-corrected chi connectivity index (χ0v) is 12.8. The van der Waals surface area contributed by atoms with E-state index in [0.717, 1.165) is 10.2 Å². The predicted octanol–water partition coefficient (Wildman–Crippen LogP) is 4.67. The Morgan fingerprint density at radius 1 is 1.25 bits per heavy atom. The Morgan fingerprint density at radius 2 is 2.00 bits per heavy atom. The van der Waals surface area contributed by atoms with Gasteiger partial charge in [0, 0.05) is 33.4 Å². The molecular formula is C14H12BrClN2O2. The van der Waals surface area contributed by atoms with Crippen molar-refractivity contribution in [3.05, 3.63) is 67.6 Å². The van der Waals surface area contributed by atoms with E-state index in [-0.39, 0.29) is 10.6 Å². The summed E-state index contributed by atoms with van der Waals surface area (Å²) in [4.78, 5) is 10.6. The number of nitro groups is 1. The van der Waals surface area contributed by atoms with Crippen molar-refractivity contribution in [2.75, 3.05) is 11.9 Å². The summed E-state index contributed by atoms with van der Waals surface area (Å²) >= 11 is 9.35. The van der Waals surface area contributed by atoms with Gasteiger partial charge in [-0.15, -0.1) is 0 Å². The van der Waals surface area contributed by atoms with Crippen molar-refractivity contribution < 1.29 is 4.92 Å². The second-order valence-electron chi connectivity index (χ2n) is 4.19. The molecule has 6 heteroatoms. The largest absolute Gasteiger partial charge is 0.384 e. The van der Waals surface area contributed by atoms with Crippen molar-refractivity contribution in [1.29, 1.82) is 0 Å². The van der Waals surface area contributed by atoms with Crippen LogP contribution in [0.2, 0.25) is 5.02 Å². The van der Waals surface area contributed by atoms with Crippen LogP contribution < -0.4 is 5.32 Å². The molecule has 0 fully saturated rings. The first-order chi connectivity index (χ1) is 9.58. The van der Waals surface area contributed by atoms with Gasteiger partial charge in [-0.2, -0.15) is 0 Å². The van der Waals surface area contributed by atoms with E-state index >= 15 is 0 Å². The van der Waals surface area contributed by atoms with Gasteiger partial charge in [0.15, 0.2) is 0 Å². The maximum atomic E-state index is 10.9. The molecule has 0 saturated carbocycles. The highest BCUT2D eigenvalue weighted by Gasteiger charge is 2.11. The molecule has 0 heterocycles. The molecule has 0 radical (unpaired) electrons. The molecule has 0 amide bonds. The summed E-state index contributed by atoms with van der Waals surface area (Å²) in [5.74, 6) is 0. The lowest BCUT2D eigenvalue weighted by Crippen LogP contribution is -2.07. The summed E-state index contributed by atoms with van der Waals surface area (Å²) in [6.07, 6.45) is 0.566. The zero-order valence-electron chi connectivity index (χ0n) is 10.5. The lowest BCUT2D eigenvalue weighted by atomic mass is 10.1. The summed E-state index contributed by atoms with van der Waals surface area (Å²) < 4.78 is 0.907. The van der Waals surface area contributed by atoms with Gasteiger partial charge in [-0.05, 0) is 40.5 Å². The highest BCUT2D eigenvalue weighted by atomic mass is 79.9. The van der Waals surface area contributed by atoms with E-state index in [4.69, 9.17) is 11.6 Å². The molecule has 0 saturated heterocycles. The topological polar surface area (TPSA) is 55.2 Å². The number of halogens is 2. The van der Waals surface area contributed by atoms with Crippen LogP contribution >= 0.6 is 27.5 Å². The zero-order chi connectivity index (χ0) is 14.5. The van der Waals surface area contributed by atoms with Crippen LogP contribution in [0.5, 0.6) is 0 Å². The maximum Gasteiger partial charge on any atom is 0.272 e. The molecule has 0 atom stereocenters. The third kappa shape index (κ3) is 3.71. The Bertz CT molecular complexity index is 634. The number of benzene rings is 2. The van der Waals surface area contributed by atoms with Gasteiger partial charge in [0.2, 0.25) is 0 Å². The van der Waals surface area contributed by atoms with E-state index < -0.39 is 0 Å². The quantitative estimate of drug-likeness (QED) is 0.626. The molecule has 0 aliphatic heterocycles. The Labute approximate surface area is 130 Å². The summed E-state index contributed by atoms with van der Waals surface area (Å²) in [5.41, 5.74) is 1.73. The fourth-order valence-electron chi connectivity index (χ4n) is 1.87. The third-order valence-electron chi connectivity index (χ3n) is 2.83. The smallest absolute Gasteiger partial charge is 0.272 e. The average Bonchev–Trinajstić information content (AvgIpc) is 2.43. The number of para-hydroxylation sites is 1. The maximum absolute atomic E-state index is 10.9. The molecular weight excluding hydrogens is 344 g/mol. The predicted molar refractivity (Wildman–Crippen MR) is 84.4 cm³/mol. The lowest BCUT2D eigenvalue weighted by molar-refractivity contribution is -0.385. The number of anilines is 1. The molecule has 4 nitrogen and oxygen atoms in total. The van der Waals surface area contributed by atoms with Gasteiger partial charge in [0.05, 0.1) is 4.92 Å². The Kier molecular flexibility index (Phi) is 4.98. The molecule has 0 aromatic heterocycles. The Morgan fingerprint density at radius 3 is 2.75 bits per heavy atom. The second kappa shape index (κ2) is 6.72. The Hall–Kier alpha value is -1.59. The molecule has 0 spiro atoms. The molecule has 1 N–H and O–H groups in total. The minimum absolute atomic E-state index is 0.152. The lowest BCUT2D eigenvalue weighted by Gasteiger charge is -2.09. The average molecular weight is 356 g/mol. The molecule has 2 aromatic rings. The first-order valence-corrected chi connectivity index (χ1v) is 7.16. The highest BCUT2D eigenvalue weighted by Crippen LogP contribution is 2.26. The highest BCUT2D eigenvalue weighted by molar-refractivity contribution is 9.10. The van der Waals surface area contributed by atoms with Crippen molar-refractivity contribution in [3.8, 4) is 0 Å². The number of nitrogens with zero attached hydrogens (tertiary/aromatic N) is 1. The van der Waals surface area contributed by atoms with Crippen molar-refractivity contribution in [3.63, 3.8) is 0 Å². The molecule has 0 unspecified atom stereocenters. The number of nitro benzene ring substituents is 1. The number of hydrogen-bond acceptors (Lipinski definition) is 3. The molecule has 104 valence electrons. The van der Waals surface area contributed by atoms with Gasteiger partial charge in [-0.3, -0.25) is 10.1 Å². The minimum Gasteiger partial charge on any atom is -0.384 e. The van der Waals surface area contributed by atoms with Gasteiger partial charge in [-0.25, -0.2) is 0 Å². The number of rotatable bonds is 5. The van der Waals surface area contributed by atoms with Gasteiger partial charge < -0.3 is 5.32 Å². The summed E-state index contributed by atoms with van der Waals surface area (Å²) in [6.45, 7) is 0.587. The summed E-state index contributed by atoms with van der Waals surface area (Å²) in [6, 6.07) is 12.2. The second-order valence-corrected chi connectivity index (χ2v) is 5.48. The molecule has 0 bridgehead atoms. The van der Waals surface area contributed by atoms with Crippen LogP contribution in [0.15, 0.2) is 46.9 Å². The van der Waals surface area contributed by atoms with Crippen LogP contribution in [0.4, 0.5) is 11.4 Å². The monoisotopic (exact) mass is 354 g/mol. The SMILES string of the molecule is O=[N+]([O-])c1ccccc1CCNc1cc(Cl)ccc1Br. The van der Waals surface area contributed by atoms with Crippen LogP contribution in [0, 0.1) is 10.1 Å². The van der Waals surface area contributed by atoms with Crippen molar-refractivity contribution in [2.24, 2.45) is 0 Å². The summed E-state index contributed by atoms with van der Waals surface area (Å²) in [5, 5.41) is 14.8. The van der Waals surface area contributed by atoms with E-state index in [1.54, 1.807) is 24.3 Å². The fraction of sp³-hybridized carbons (Fsp3) is 0.143. The standard InChI is InChI=1S/C14H12BrClN2O2/c15-12-6-5-11(16)9-13(12)17-8-7-10-3-1-2-4-14(10)18(19)20/h1-6,9,17H,7-8H2. The van der Waals surface area contributed by atoms with Gasteiger partial charge in [-0.1, -0.05) is 29.8 Å². The number of nitrogens with one attached hydrogen (secondary N) is 1. The normalized spacial score (nSPS) is 10.3. The van der Waals surface area contributed by atoms with Gasteiger partial charge in [0.1, 0.15) is 0 Å². The van der Waals surface area contributed by atoms with Crippen LogP contribution in [0.25, 0.3) is 0 Å². The first-order valence-electron chi connectivity index (χ1n) is 5.99. The minimum atomic E-state index is -0.357. The van der Waals surface area contributed by atoms with E-state index in [1.165, 1.54) is 6.07 Å². The third-order valence-corrected chi connectivity index (χ3v) is 3.75. The molecule has 2 aromatic carbocycles.